The zero-order chi connectivity index (χ0) is 19.1. The molecule has 0 radical (unpaired) electrons. The molecular formula is C20H30ClN3O2. The van der Waals surface area contributed by atoms with Crippen LogP contribution in [-0.2, 0) is 16.1 Å². The van der Waals surface area contributed by atoms with Gasteiger partial charge in [0, 0.05) is 23.5 Å². The Balaban J connectivity index is 1.69. The first-order valence-corrected chi connectivity index (χ1v) is 9.77. The summed E-state index contributed by atoms with van der Waals surface area (Å²) in [4.78, 5) is 26.6. The molecule has 0 aliphatic carbocycles. The molecule has 1 atom stereocenters. The molecule has 0 bridgehead atoms. The predicted octanol–water partition coefficient (Wildman–Crippen LogP) is 2.83. The molecule has 1 heterocycles. The molecule has 1 aliphatic heterocycles. The molecule has 1 aromatic rings. The van der Waals surface area contributed by atoms with Gasteiger partial charge in [-0.2, -0.15) is 0 Å². The zero-order valence-corrected chi connectivity index (χ0v) is 16.7. The van der Waals surface area contributed by atoms with Crippen LogP contribution in [-0.4, -0.2) is 42.4 Å². The van der Waals surface area contributed by atoms with Crippen LogP contribution in [0.25, 0.3) is 0 Å². The van der Waals surface area contributed by atoms with E-state index in [1.54, 1.807) is 0 Å². The smallest absolute Gasteiger partial charge is 0.234 e. The number of nitrogens with one attached hydrogen (secondary N) is 2. The summed E-state index contributed by atoms with van der Waals surface area (Å²) in [5, 5.41) is 6.70. The number of hydrogen-bond donors (Lipinski definition) is 2. The van der Waals surface area contributed by atoms with Crippen LogP contribution in [0.1, 0.15) is 39.2 Å². The Kier molecular flexibility index (Phi) is 7.91. The van der Waals surface area contributed by atoms with Crippen molar-refractivity contribution in [2.45, 2.75) is 46.2 Å². The Labute approximate surface area is 161 Å². The van der Waals surface area contributed by atoms with Crippen molar-refractivity contribution in [2.24, 2.45) is 11.8 Å². The average molecular weight is 380 g/mol. The summed E-state index contributed by atoms with van der Waals surface area (Å²) in [5.74, 6) is 0.641. The van der Waals surface area contributed by atoms with Gasteiger partial charge in [0.15, 0.2) is 0 Å². The van der Waals surface area contributed by atoms with Gasteiger partial charge in [-0.05, 0) is 56.5 Å². The summed E-state index contributed by atoms with van der Waals surface area (Å²) >= 11 is 5.95. The molecule has 1 unspecified atom stereocenters. The number of piperidine rings is 1. The van der Waals surface area contributed by atoms with E-state index in [1.165, 1.54) is 0 Å². The molecule has 2 amide bonds. The summed E-state index contributed by atoms with van der Waals surface area (Å²) < 4.78 is 0. The number of rotatable bonds is 7. The number of halogens is 1. The highest BCUT2D eigenvalue weighted by molar-refractivity contribution is 6.30. The Morgan fingerprint density at radius 2 is 1.92 bits per heavy atom. The van der Waals surface area contributed by atoms with Crippen LogP contribution >= 0.6 is 11.6 Å². The predicted molar refractivity (Wildman–Crippen MR) is 105 cm³/mol. The lowest BCUT2D eigenvalue weighted by molar-refractivity contribution is -0.127. The molecule has 0 aromatic heterocycles. The van der Waals surface area contributed by atoms with Gasteiger partial charge in [0.2, 0.25) is 11.8 Å². The maximum Gasteiger partial charge on any atom is 0.234 e. The third kappa shape index (κ3) is 6.61. The van der Waals surface area contributed by atoms with Gasteiger partial charge in [-0.3, -0.25) is 14.5 Å². The highest BCUT2D eigenvalue weighted by atomic mass is 35.5. The van der Waals surface area contributed by atoms with Crippen LogP contribution in [0.3, 0.4) is 0 Å². The molecule has 1 fully saturated rings. The van der Waals surface area contributed by atoms with Crippen LogP contribution in [0.15, 0.2) is 24.3 Å². The fraction of sp³-hybridized carbons (Fsp3) is 0.600. The summed E-state index contributed by atoms with van der Waals surface area (Å²) in [6.07, 6.45) is 1.61. The Hall–Kier alpha value is -1.59. The first-order chi connectivity index (χ1) is 12.3. The second kappa shape index (κ2) is 9.93. The average Bonchev–Trinajstić information content (AvgIpc) is 2.60. The first kappa shape index (κ1) is 20.7. The highest BCUT2D eigenvalue weighted by Gasteiger charge is 2.26. The SMILES string of the molecule is CC(C)C(C)NC(=O)C1CCN(CC(=O)NCc2cccc(Cl)c2)CC1. The molecule has 1 saturated heterocycles. The van der Waals surface area contributed by atoms with Crippen LogP contribution < -0.4 is 10.6 Å². The molecule has 0 saturated carbocycles. The third-order valence-corrected chi connectivity index (χ3v) is 5.31. The molecule has 2 rings (SSSR count). The lowest BCUT2D eigenvalue weighted by atomic mass is 9.95. The number of likely N-dealkylation sites (tertiary alicyclic amines) is 1. The number of amides is 2. The van der Waals surface area contributed by atoms with E-state index < -0.39 is 0 Å². The molecule has 1 aromatic carbocycles. The number of carbonyl (C=O) groups excluding carboxylic acids is 2. The fourth-order valence-electron chi connectivity index (χ4n) is 2.97. The minimum absolute atomic E-state index is 0.00121. The van der Waals surface area contributed by atoms with Gasteiger partial charge in [-0.15, -0.1) is 0 Å². The van der Waals surface area contributed by atoms with Gasteiger partial charge < -0.3 is 10.6 Å². The normalized spacial score (nSPS) is 17.1. The minimum atomic E-state index is 0.00121. The van der Waals surface area contributed by atoms with E-state index in [1.807, 2.05) is 31.2 Å². The molecule has 6 heteroatoms. The summed E-state index contributed by atoms with van der Waals surface area (Å²) in [6, 6.07) is 7.67. The van der Waals surface area contributed by atoms with Crippen molar-refractivity contribution < 1.29 is 9.59 Å². The number of carbonyl (C=O) groups is 2. The van der Waals surface area contributed by atoms with E-state index >= 15 is 0 Å². The minimum Gasteiger partial charge on any atom is -0.353 e. The largest absolute Gasteiger partial charge is 0.353 e. The van der Waals surface area contributed by atoms with Crippen molar-refractivity contribution in [3.05, 3.63) is 34.9 Å². The van der Waals surface area contributed by atoms with E-state index in [2.05, 4.69) is 29.4 Å². The van der Waals surface area contributed by atoms with Crippen LogP contribution in [0.5, 0.6) is 0 Å². The number of benzene rings is 1. The maximum absolute atomic E-state index is 12.3. The van der Waals surface area contributed by atoms with E-state index in [9.17, 15) is 9.59 Å². The molecule has 26 heavy (non-hydrogen) atoms. The third-order valence-electron chi connectivity index (χ3n) is 5.07. The van der Waals surface area contributed by atoms with Gasteiger partial charge >= 0.3 is 0 Å². The topological polar surface area (TPSA) is 61.4 Å². The van der Waals surface area contributed by atoms with Gasteiger partial charge in [0.25, 0.3) is 0 Å². The standard InChI is InChI=1S/C20H30ClN3O2/c1-14(2)15(3)23-20(26)17-7-9-24(10-8-17)13-19(25)22-12-16-5-4-6-18(21)11-16/h4-6,11,14-15,17H,7-10,12-13H2,1-3H3,(H,22,25)(H,23,26). The van der Waals surface area contributed by atoms with Crippen LogP contribution in [0.4, 0.5) is 0 Å². The fourth-order valence-corrected chi connectivity index (χ4v) is 3.18. The molecule has 2 N–H and O–H groups in total. The lowest BCUT2D eigenvalue weighted by Gasteiger charge is -2.31. The van der Waals surface area contributed by atoms with Crippen molar-refractivity contribution in [3.8, 4) is 0 Å². The van der Waals surface area contributed by atoms with Crippen molar-refractivity contribution >= 4 is 23.4 Å². The van der Waals surface area contributed by atoms with Gasteiger partial charge in [-0.25, -0.2) is 0 Å². The Morgan fingerprint density at radius 3 is 2.54 bits per heavy atom. The Morgan fingerprint density at radius 1 is 1.23 bits per heavy atom. The zero-order valence-electron chi connectivity index (χ0n) is 15.9. The van der Waals surface area contributed by atoms with E-state index in [-0.39, 0.29) is 23.8 Å². The monoisotopic (exact) mass is 379 g/mol. The first-order valence-electron chi connectivity index (χ1n) is 9.39. The Bertz CT molecular complexity index is 613. The summed E-state index contributed by atoms with van der Waals surface area (Å²) in [6.45, 7) is 8.66. The summed E-state index contributed by atoms with van der Waals surface area (Å²) in [5.41, 5.74) is 0.987. The quantitative estimate of drug-likeness (QED) is 0.765. The second-order valence-electron chi connectivity index (χ2n) is 7.50. The van der Waals surface area contributed by atoms with Gasteiger partial charge in [-0.1, -0.05) is 37.6 Å². The molecule has 5 nitrogen and oxygen atoms in total. The van der Waals surface area contributed by atoms with Gasteiger partial charge in [0.05, 0.1) is 6.54 Å². The van der Waals surface area contributed by atoms with Crippen molar-refractivity contribution in [3.63, 3.8) is 0 Å². The molecule has 1 aliphatic rings. The van der Waals surface area contributed by atoms with Crippen LogP contribution in [0.2, 0.25) is 5.02 Å². The van der Waals surface area contributed by atoms with E-state index in [0.29, 0.717) is 24.0 Å². The van der Waals surface area contributed by atoms with Crippen molar-refractivity contribution in [1.82, 2.24) is 15.5 Å². The van der Waals surface area contributed by atoms with Crippen LogP contribution in [0, 0.1) is 11.8 Å². The molecule has 0 spiro atoms. The molecule has 144 valence electrons. The summed E-state index contributed by atoms with van der Waals surface area (Å²) in [7, 11) is 0. The van der Waals surface area contributed by atoms with E-state index in [4.69, 9.17) is 11.6 Å². The van der Waals surface area contributed by atoms with Gasteiger partial charge in [0.1, 0.15) is 0 Å². The second-order valence-corrected chi connectivity index (χ2v) is 7.93. The van der Waals surface area contributed by atoms with Crippen molar-refractivity contribution in [2.75, 3.05) is 19.6 Å². The van der Waals surface area contributed by atoms with Crippen molar-refractivity contribution in [1.29, 1.82) is 0 Å². The number of hydrogen-bond acceptors (Lipinski definition) is 3. The molecular weight excluding hydrogens is 350 g/mol. The lowest BCUT2D eigenvalue weighted by Crippen LogP contribution is -2.46. The maximum atomic E-state index is 12.3. The van der Waals surface area contributed by atoms with E-state index in [0.717, 1.165) is 31.5 Å². The number of nitrogens with zero attached hydrogens (tertiary/aromatic N) is 1. The highest BCUT2D eigenvalue weighted by Crippen LogP contribution is 2.18.